The van der Waals surface area contributed by atoms with E-state index in [9.17, 15) is 0 Å². The van der Waals surface area contributed by atoms with Crippen molar-refractivity contribution in [1.82, 2.24) is 0 Å². The van der Waals surface area contributed by atoms with Crippen LogP contribution in [0.2, 0.25) is 0 Å². The molecule has 1 aliphatic carbocycles. The third-order valence-electron chi connectivity index (χ3n) is 2.92. The van der Waals surface area contributed by atoms with Gasteiger partial charge < -0.3 is 5.73 Å². The number of hydrogen-bond donors (Lipinski definition) is 1. The zero-order chi connectivity index (χ0) is 9.26. The van der Waals surface area contributed by atoms with Gasteiger partial charge in [-0.05, 0) is 30.4 Å². The molecule has 13 heavy (non-hydrogen) atoms. The minimum atomic E-state index is 0.226. The Kier molecular flexibility index (Phi) is 2.70. The Balaban J connectivity index is 2.18. The van der Waals surface area contributed by atoms with Crippen molar-refractivity contribution in [1.29, 1.82) is 0 Å². The highest BCUT2D eigenvalue weighted by Crippen LogP contribution is 2.38. The highest BCUT2D eigenvalue weighted by molar-refractivity contribution is 9.10. The monoisotopic (exact) mass is 239 g/mol. The first-order chi connectivity index (χ1) is 6.29. The maximum Gasteiger partial charge on any atom is 0.0334 e. The van der Waals surface area contributed by atoms with Crippen LogP contribution in [-0.4, -0.2) is 0 Å². The number of rotatable bonds is 2. The van der Waals surface area contributed by atoms with Crippen LogP contribution >= 0.6 is 15.9 Å². The van der Waals surface area contributed by atoms with Crippen LogP contribution in [0, 0.1) is 5.92 Å². The Labute approximate surface area is 87.5 Å². The van der Waals surface area contributed by atoms with Gasteiger partial charge >= 0.3 is 0 Å². The van der Waals surface area contributed by atoms with E-state index in [-0.39, 0.29) is 6.04 Å². The molecule has 1 saturated carbocycles. The lowest BCUT2D eigenvalue weighted by atomic mass is 9.78. The summed E-state index contributed by atoms with van der Waals surface area (Å²) in [7, 11) is 0. The van der Waals surface area contributed by atoms with Crippen LogP contribution in [0.1, 0.15) is 30.9 Å². The molecule has 0 aromatic heterocycles. The highest BCUT2D eigenvalue weighted by atomic mass is 79.9. The van der Waals surface area contributed by atoms with Gasteiger partial charge in [0.05, 0.1) is 0 Å². The summed E-state index contributed by atoms with van der Waals surface area (Å²) in [5.41, 5.74) is 7.43. The lowest BCUT2D eigenvalue weighted by molar-refractivity contribution is 0.264. The third-order valence-corrected chi connectivity index (χ3v) is 3.64. The molecule has 0 saturated heterocycles. The SMILES string of the molecule is NC(c1ccccc1Br)C1CCC1. The molecule has 0 spiro atoms. The molecule has 70 valence electrons. The maximum absolute atomic E-state index is 6.17. The first kappa shape index (κ1) is 9.22. The van der Waals surface area contributed by atoms with E-state index in [0.29, 0.717) is 5.92 Å². The molecule has 0 aliphatic heterocycles. The molecule has 1 atom stereocenters. The molecule has 0 radical (unpaired) electrons. The second kappa shape index (κ2) is 3.81. The van der Waals surface area contributed by atoms with Crippen LogP contribution in [-0.2, 0) is 0 Å². The normalized spacial score (nSPS) is 19.5. The smallest absolute Gasteiger partial charge is 0.0334 e. The molecular weight excluding hydrogens is 226 g/mol. The van der Waals surface area contributed by atoms with Gasteiger partial charge in [-0.25, -0.2) is 0 Å². The third kappa shape index (κ3) is 1.79. The van der Waals surface area contributed by atoms with Crippen molar-refractivity contribution in [2.24, 2.45) is 11.7 Å². The number of benzene rings is 1. The van der Waals surface area contributed by atoms with E-state index in [1.807, 2.05) is 6.07 Å². The van der Waals surface area contributed by atoms with Gasteiger partial charge in [-0.1, -0.05) is 40.5 Å². The van der Waals surface area contributed by atoms with Crippen molar-refractivity contribution >= 4 is 15.9 Å². The van der Waals surface area contributed by atoms with Crippen LogP contribution in [0.3, 0.4) is 0 Å². The number of halogens is 1. The summed E-state index contributed by atoms with van der Waals surface area (Å²) in [6.07, 6.45) is 3.94. The lowest BCUT2D eigenvalue weighted by Gasteiger charge is -2.31. The number of nitrogens with two attached hydrogens (primary N) is 1. The lowest BCUT2D eigenvalue weighted by Crippen LogP contribution is -2.27. The topological polar surface area (TPSA) is 26.0 Å². The van der Waals surface area contributed by atoms with E-state index in [2.05, 4.69) is 34.1 Å². The van der Waals surface area contributed by atoms with E-state index in [0.717, 1.165) is 4.47 Å². The minimum absolute atomic E-state index is 0.226. The summed E-state index contributed by atoms with van der Waals surface area (Å²) in [5, 5.41) is 0. The van der Waals surface area contributed by atoms with E-state index >= 15 is 0 Å². The molecule has 2 rings (SSSR count). The zero-order valence-corrected chi connectivity index (χ0v) is 9.13. The summed E-state index contributed by atoms with van der Waals surface area (Å²) >= 11 is 3.54. The van der Waals surface area contributed by atoms with Gasteiger partial charge in [0.2, 0.25) is 0 Å². The second-order valence-electron chi connectivity index (χ2n) is 3.74. The van der Waals surface area contributed by atoms with Gasteiger partial charge in [0.1, 0.15) is 0 Å². The summed E-state index contributed by atoms with van der Waals surface area (Å²) < 4.78 is 1.15. The van der Waals surface area contributed by atoms with Crippen LogP contribution in [0.15, 0.2) is 28.7 Å². The first-order valence-corrected chi connectivity index (χ1v) is 5.58. The predicted molar refractivity (Wildman–Crippen MR) is 58.4 cm³/mol. The molecule has 1 nitrogen and oxygen atoms in total. The first-order valence-electron chi connectivity index (χ1n) is 4.79. The van der Waals surface area contributed by atoms with Gasteiger partial charge in [0.15, 0.2) is 0 Å². The van der Waals surface area contributed by atoms with Crippen LogP contribution < -0.4 is 5.73 Å². The van der Waals surface area contributed by atoms with Crippen molar-refractivity contribution in [3.05, 3.63) is 34.3 Å². The fourth-order valence-corrected chi connectivity index (χ4v) is 2.35. The van der Waals surface area contributed by atoms with E-state index in [1.165, 1.54) is 24.8 Å². The fourth-order valence-electron chi connectivity index (χ4n) is 1.80. The summed E-state index contributed by atoms with van der Waals surface area (Å²) in [4.78, 5) is 0. The Morgan fingerprint density at radius 1 is 1.31 bits per heavy atom. The fraction of sp³-hybridized carbons (Fsp3) is 0.455. The molecule has 1 aromatic rings. The van der Waals surface area contributed by atoms with Crippen LogP contribution in [0.25, 0.3) is 0 Å². The molecule has 1 aromatic carbocycles. The standard InChI is InChI=1S/C11H14BrN/c12-10-7-2-1-6-9(10)11(13)8-4-3-5-8/h1-2,6-8,11H,3-5,13H2. The Morgan fingerprint density at radius 2 is 2.00 bits per heavy atom. The van der Waals surface area contributed by atoms with E-state index < -0.39 is 0 Å². The molecule has 0 bridgehead atoms. The average molecular weight is 240 g/mol. The van der Waals surface area contributed by atoms with Crippen molar-refractivity contribution in [2.75, 3.05) is 0 Å². The molecule has 2 heteroatoms. The van der Waals surface area contributed by atoms with Gasteiger partial charge in [-0.3, -0.25) is 0 Å². The van der Waals surface area contributed by atoms with Crippen molar-refractivity contribution in [2.45, 2.75) is 25.3 Å². The molecular formula is C11H14BrN. The Hall–Kier alpha value is -0.340. The van der Waals surface area contributed by atoms with E-state index in [4.69, 9.17) is 5.73 Å². The van der Waals surface area contributed by atoms with E-state index in [1.54, 1.807) is 0 Å². The van der Waals surface area contributed by atoms with Gasteiger partial charge in [-0.2, -0.15) is 0 Å². The molecule has 0 amide bonds. The van der Waals surface area contributed by atoms with Gasteiger partial charge in [-0.15, -0.1) is 0 Å². The van der Waals surface area contributed by atoms with Crippen molar-refractivity contribution in [3.63, 3.8) is 0 Å². The Bertz CT molecular complexity index is 294. The molecule has 0 heterocycles. The van der Waals surface area contributed by atoms with Gasteiger partial charge in [0, 0.05) is 10.5 Å². The molecule has 2 N–H and O–H groups in total. The largest absolute Gasteiger partial charge is 0.324 e. The maximum atomic E-state index is 6.17. The van der Waals surface area contributed by atoms with Crippen molar-refractivity contribution in [3.8, 4) is 0 Å². The second-order valence-corrected chi connectivity index (χ2v) is 4.59. The molecule has 1 aliphatic rings. The zero-order valence-electron chi connectivity index (χ0n) is 7.54. The number of hydrogen-bond acceptors (Lipinski definition) is 1. The Morgan fingerprint density at radius 3 is 2.54 bits per heavy atom. The predicted octanol–water partition coefficient (Wildman–Crippen LogP) is 3.25. The summed E-state index contributed by atoms with van der Waals surface area (Å²) in [5.74, 6) is 0.707. The van der Waals surface area contributed by atoms with Gasteiger partial charge in [0.25, 0.3) is 0 Å². The summed E-state index contributed by atoms with van der Waals surface area (Å²) in [6.45, 7) is 0. The van der Waals surface area contributed by atoms with Crippen LogP contribution in [0.5, 0.6) is 0 Å². The molecule has 1 unspecified atom stereocenters. The summed E-state index contributed by atoms with van der Waals surface area (Å²) in [6, 6.07) is 8.49. The van der Waals surface area contributed by atoms with Crippen LogP contribution in [0.4, 0.5) is 0 Å². The molecule has 1 fully saturated rings. The highest BCUT2D eigenvalue weighted by Gasteiger charge is 2.26. The quantitative estimate of drug-likeness (QED) is 0.843. The average Bonchev–Trinajstić information content (AvgIpc) is 2.01. The van der Waals surface area contributed by atoms with Crippen molar-refractivity contribution < 1.29 is 0 Å². The minimum Gasteiger partial charge on any atom is -0.324 e.